The van der Waals surface area contributed by atoms with Crippen molar-refractivity contribution in [3.63, 3.8) is 0 Å². The lowest BCUT2D eigenvalue weighted by Gasteiger charge is -2.09. The molecule has 0 aliphatic rings. The summed E-state index contributed by atoms with van der Waals surface area (Å²) in [6, 6.07) is 58.3. The second-order valence-corrected chi connectivity index (χ2v) is 14.3. The van der Waals surface area contributed by atoms with Crippen molar-refractivity contribution in [1.29, 1.82) is 0 Å². The fraction of sp³-hybridized carbons (Fsp3) is 0. The van der Waals surface area contributed by atoms with E-state index in [9.17, 15) is 0 Å². The molecular weight excluding hydrogens is 593 g/mol. The van der Waals surface area contributed by atoms with Crippen LogP contribution in [0, 0.1) is 0 Å². The van der Waals surface area contributed by atoms with Crippen molar-refractivity contribution in [2.75, 3.05) is 0 Å². The van der Waals surface area contributed by atoms with E-state index in [2.05, 4.69) is 158 Å². The normalized spacial score (nSPS) is 11.9. The zero-order valence-electron chi connectivity index (χ0n) is 24.8. The molecule has 214 valence electrons. The van der Waals surface area contributed by atoms with Crippen LogP contribution < -0.4 is 0 Å². The first-order valence-electron chi connectivity index (χ1n) is 15.6. The van der Waals surface area contributed by atoms with Crippen LogP contribution in [0.3, 0.4) is 0 Å². The number of benzene rings is 8. The van der Waals surface area contributed by atoms with E-state index in [-0.39, 0.29) is 0 Å². The van der Waals surface area contributed by atoms with Gasteiger partial charge in [0.05, 0.1) is 9.40 Å². The minimum atomic E-state index is 1.24. The molecule has 0 atom stereocenters. The maximum Gasteiger partial charge on any atom is 0.0542 e. The van der Waals surface area contributed by atoms with E-state index in [0.29, 0.717) is 0 Å². The third-order valence-electron chi connectivity index (χ3n) is 9.41. The number of thiophene rings is 2. The molecule has 0 unspecified atom stereocenters. The molecule has 10 rings (SSSR count). The highest BCUT2D eigenvalue weighted by Crippen LogP contribution is 2.46. The van der Waals surface area contributed by atoms with Crippen LogP contribution in [0.2, 0.25) is 0 Å². The fourth-order valence-corrected chi connectivity index (χ4v) is 9.65. The van der Waals surface area contributed by atoms with Crippen LogP contribution in [0.4, 0.5) is 0 Å². The van der Waals surface area contributed by atoms with Gasteiger partial charge in [0.15, 0.2) is 0 Å². The van der Waals surface area contributed by atoms with Gasteiger partial charge in [-0.1, -0.05) is 115 Å². The van der Waals surface area contributed by atoms with Crippen LogP contribution in [0.15, 0.2) is 158 Å². The summed E-state index contributed by atoms with van der Waals surface area (Å²) in [5.74, 6) is 0. The molecular formula is C44H26S2. The first kappa shape index (κ1) is 26.0. The minimum Gasteiger partial charge on any atom is -0.134 e. The standard InChI is InChI=1S/C44H26S2/c1-2-6-27(7-3-1)28-10-12-29(13-11-28)32-14-15-34-21-35(17-16-33(34)20-32)36-18-19-37-24-40-42(26-38(37)22-36)46-43-39-23-30-8-4-5-9-31(30)25-41(39)45-44(40)43/h1-26H. The lowest BCUT2D eigenvalue weighted by Crippen LogP contribution is -1.83. The van der Waals surface area contributed by atoms with Crippen LogP contribution in [0.1, 0.15) is 0 Å². The summed E-state index contributed by atoms with van der Waals surface area (Å²) < 4.78 is 5.57. The highest BCUT2D eigenvalue weighted by molar-refractivity contribution is 7.36. The van der Waals surface area contributed by atoms with Crippen LogP contribution in [0.5, 0.6) is 0 Å². The molecule has 2 heteroatoms. The molecule has 0 nitrogen and oxygen atoms in total. The third kappa shape index (κ3) is 4.19. The predicted octanol–water partition coefficient (Wildman–Crippen LogP) is 13.7. The Morgan fingerprint density at radius 2 is 0.630 bits per heavy atom. The molecule has 0 amide bonds. The van der Waals surface area contributed by atoms with Gasteiger partial charge in [-0.25, -0.2) is 0 Å². The quantitative estimate of drug-likeness (QED) is 0.185. The van der Waals surface area contributed by atoms with E-state index in [1.807, 2.05) is 22.7 Å². The van der Waals surface area contributed by atoms with Gasteiger partial charge in [0.25, 0.3) is 0 Å². The summed E-state index contributed by atoms with van der Waals surface area (Å²) in [5.41, 5.74) is 7.47. The lowest BCUT2D eigenvalue weighted by molar-refractivity contribution is 1.60. The molecule has 0 bridgehead atoms. The van der Waals surface area contributed by atoms with Crippen molar-refractivity contribution < 1.29 is 0 Å². The van der Waals surface area contributed by atoms with Gasteiger partial charge in [-0.05, 0) is 108 Å². The molecule has 10 aromatic rings. The maximum absolute atomic E-state index is 2.40. The smallest absolute Gasteiger partial charge is 0.0542 e. The average molecular weight is 619 g/mol. The van der Waals surface area contributed by atoms with Gasteiger partial charge in [-0.15, -0.1) is 22.7 Å². The Morgan fingerprint density at radius 3 is 1.22 bits per heavy atom. The largest absolute Gasteiger partial charge is 0.134 e. The van der Waals surface area contributed by atoms with Crippen LogP contribution in [-0.2, 0) is 0 Å². The van der Waals surface area contributed by atoms with Gasteiger partial charge in [0, 0.05) is 20.2 Å². The lowest BCUT2D eigenvalue weighted by atomic mass is 9.95. The van der Waals surface area contributed by atoms with Gasteiger partial charge in [0.1, 0.15) is 0 Å². The molecule has 0 fully saturated rings. The molecule has 0 aliphatic carbocycles. The van der Waals surface area contributed by atoms with Crippen molar-refractivity contribution >= 4 is 84.6 Å². The Hall–Kier alpha value is -5.28. The predicted molar refractivity (Wildman–Crippen MR) is 204 cm³/mol. The van der Waals surface area contributed by atoms with Gasteiger partial charge < -0.3 is 0 Å². The van der Waals surface area contributed by atoms with Crippen molar-refractivity contribution in [1.82, 2.24) is 0 Å². The number of fused-ring (bicyclic) bond motifs is 8. The summed E-state index contributed by atoms with van der Waals surface area (Å²) in [6.07, 6.45) is 0. The van der Waals surface area contributed by atoms with E-state index in [1.165, 1.54) is 95.3 Å². The van der Waals surface area contributed by atoms with Gasteiger partial charge in [-0.3, -0.25) is 0 Å². The summed E-state index contributed by atoms with van der Waals surface area (Å²) >= 11 is 3.87. The first-order chi connectivity index (χ1) is 22.7. The van der Waals surface area contributed by atoms with Crippen LogP contribution in [-0.4, -0.2) is 0 Å². The van der Waals surface area contributed by atoms with Crippen LogP contribution in [0.25, 0.3) is 95.3 Å². The average Bonchev–Trinajstić information content (AvgIpc) is 3.64. The molecule has 0 saturated heterocycles. The van der Waals surface area contributed by atoms with Crippen molar-refractivity contribution in [3.8, 4) is 33.4 Å². The second-order valence-electron chi connectivity index (χ2n) is 12.2. The monoisotopic (exact) mass is 618 g/mol. The van der Waals surface area contributed by atoms with Crippen LogP contribution >= 0.6 is 22.7 Å². The summed E-state index contributed by atoms with van der Waals surface area (Å²) in [5, 5.41) is 10.5. The first-order valence-corrected chi connectivity index (χ1v) is 17.3. The van der Waals surface area contributed by atoms with Gasteiger partial charge >= 0.3 is 0 Å². The van der Waals surface area contributed by atoms with Crippen molar-refractivity contribution in [2.45, 2.75) is 0 Å². The maximum atomic E-state index is 2.40. The number of hydrogen-bond acceptors (Lipinski definition) is 2. The molecule has 0 saturated carbocycles. The van der Waals surface area contributed by atoms with Crippen molar-refractivity contribution in [3.05, 3.63) is 158 Å². The summed E-state index contributed by atoms with van der Waals surface area (Å²) in [6.45, 7) is 0. The number of hydrogen-bond donors (Lipinski definition) is 0. The van der Waals surface area contributed by atoms with E-state index in [4.69, 9.17) is 0 Å². The Kier molecular flexibility index (Phi) is 5.72. The molecule has 2 heterocycles. The van der Waals surface area contributed by atoms with E-state index in [1.54, 1.807) is 0 Å². The van der Waals surface area contributed by atoms with Gasteiger partial charge in [-0.2, -0.15) is 0 Å². The van der Waals surface area contributed by atoms with Crippen molar-refractivity contribution in [2.24, 2.45) is 0 Å². The zero-order chi connectivity index (χ0) is 30.2. The zero-order valence-corrected chi connectivity index (χ0v) is 26.5. The van der Waals surface area contributed by atoms with E-state index < -0.39 is 0 Å². The molecule has 0 N–H and O–H groups in total. The molecule has 0 spiro atoms. The molecule has 2 aromatic heterocycles. The Morgan fingerprint density at radius 1 is 0.261 bits per heavy atom. The molecule has 0 radical (unpaired) electrons. The van der Waals surface area contributed by atoms with E-state index in [0.717, 1.165) is 0 Å². The molecule has 0 aliphatic heterocycles. The third-order valence-corrected chi connectivity index (χ3v) is 11.9. The summed E-state index contributed by atoms with van der Waals surface area (Å²) in [7, 11) is 0. The Labute approximate surface area is 274 Å². The minimum absolute atomic E-state index is 1.24. The Bertz CT molecular complexity index is 2780. The SMILES string of the molecule is c1ccc(-c2ccc(-c3ccc4cc(-c5ccc6cc7c(cc6c5)sc5c6cc8ccccc8cc6sc75)ccc4c3)cc2)cc1. The topological polar surface area (TPSA) is 0 Å². The highest BCUT2D eigenvalue weighted by Gasteiger charge is 2.14. The van der Waals surface area contributed by atoms with E-state index >= 15 is 0 Å². The number of rotatable bonds is 3. The highest BCUT2D eigenvalue weighted by atomic mass is 32.1. The molecule has 8 aromatic carbocycles. The summed E-state index contributed by atoms with van der Waals surface area (Å²) in [4.78, 5) is 0. The fourth-order valence-electron chi connectivity index (χ4n) is 6.96. The Balaban J connectivity index is 0.999. The van der Waals surface area contributed by atoms with Gasteiger partial charge in [0.2, 0.25) is 0 Å². The molecule has 46 heavy (non-hydrogen) atoms. The second kappa shape index (κ2) is 10.1.